The highest BCUT2D eigenvalue weighted by Crippen LogP contribution is 2.26. The Labute approximate surface area is 115 Å². The van der Waals surface area contributed by atoms with Crippen molar-refractivity contribution in [1.29, 1.82) is 5.41 Å². The van der Waals surface area contributed by atoms with Crippen LogP contribution in [0.2, 0.25) is 0 Å². The second kappa shape index (κ2) is 5.76. The number of nitrogens with two attached hydrogens (primary N) is 1. The molecule has 3 N–H and O–H groups in total. The van der Waals surface area contributed by atoms with Crippen LogP contribution in [0.25, 0.3) is 0 Å². The largest absolute Gasteiger partial charge is 0.387 e. The van der Waals surface area contributed by atoms with Gasteiger partial charge in [-0.15, -0.1) is 0 Å². The predicted molar refractivity (Wildman–Crippen MR) is 75.1 cm³/mol. The third-order valence-corrected chi connectivity index (χ3v) is 6.41. The van der Waals surface area contributed by atoms with Gasteiger partial charge in [0.25, 0.3) is 10.2 Å². The number of piperidine rings is 2. The highest BCUT2D eigenvalue weighted by molar-refractivity contribution is 7.86. The highest BCUT2D eigenvalue weighted by atomic mass is 32.2. The summed E-state index contributed by atoms with van der Waals surface area (Å²) in [5.41, 5.74) is 5.49. The Hall–Kier alpha value is -0.660. The van der Waals surface area contributed by atoms with Gasteiger partial charge in [-0.1, -0.05) is 6.42 Å². The fraction of sp³-hybridized carbons (Fsp3) is 0.917. The normalized spacial score (nSPS) is 28.4. The molecule has 0 aliphatic carbocycles. The lowest BCUT2D eigenvalue weighted by molar-refractivity contribution is 0.229. The molecule has 0 radical (unpaired) electrons. The molecule has 2 aliphatic rings. The lowest BCUT2D eigenvalue weighted by Crippen LogP contribution is -2.52. The van der Waals surface area contributed by atoms with Gasteiger partial charge in [-0.3, -0.25) is 5.41 Å². The number of amidine groups is 1. The second-order valence-corrected chi connectivity index (χ2v) is 7.47. The Morgan fingerprint density at radius 2 is 1.79 bits per heavy atom. The summed E-state index contributed by atoms with van der Waals surface area (Å²) in [6.45, 7) is 3.58. The van der Waals surface area contributed by atoms with E-state index >= 15 is 0 Å². The number of rotatable bonds is 3. The summed E-state index contributed by atoms with van der Waals surface area (Å²) in [7, 11) is -3.33. The van der Waals surface area contributed by atoms with Gasteiger partial charge in [0.05, 0.1) is 5.84 Å². The van der Waals surface area contributed by atoms with Crippen molar-refractivity contribution in [3.8, 4) is 0 Å². The van der Waals surface area contributed by atoms with E-state index in [9.17, 15) is 8.42 Å². The summed E-state index contributed by atoms with van der Waals surface area (Å²) in [6.07, 6.45) is 4.34. The van der Waals surface area contributed by atoms with E-state index in [0.717, 1.165) is 19.3 Å². The molecule has 2 saturated heterocycles. The maximum absolute atomic E-state index is 12.6. The summed E-state index contributed by atoms with van der Waals surface area (Å²) in [5, 5.41) is 7.44. The Bertz CT molecular complexity index is 429. The zero-order valence-corrected chi connectivity index (χ0v) is 12.3. The number of nitrogens with one attached hydrogen (secondary N) is 1. The molecule has 110 valence electrons. The third-order valence-electron chi connectivity index (χ3n) is 4.26. The summed E-state index contributed by atoms with van der Waals surface area (Å²) >= 11 is 0. The van der Waals surface area contributed by atoms with Crippen LogP contribution in [0.4, 0.5) is 0 Å². The van der Waals surface area contributed by atoms with Crippen molar-refractivity contribution in [1.82, 2.24) is 8.61 Å². The molecule has 0 spiro atoms. The first-order valence-corrected chi connectivity index (χ1v) is 8.43. The van der Waals surface area contributed by atoms with Crippen LogP contribution >= 0.6 is 0 Å². The minimum absolute atomic E-state index is 0.0465. The molecule has 7 heteroatoms. The van der Waals surface area contributed by atoms with E-state index in [-0.39, 0.29) is 17.8 Å². The average molecular weight is 288 g/mol. The first-order chi connectivity index (χ1) is 8.93. The standard InChI is InChI=1S/C12H24N4O2S/c1-10-4-2-3-7-16(10)19(17,18)15-8-5-11(6-9-15)12(13)14/h10-11H,2-9H2,1H3,(H3,13,14). The first kappa shape index (κ1) is 14.7. The van der Waals surface area contributed by atoms with E-state index in [4.69, 9.17) is 11.1 Å². The van der Waals surface area contributed by atoms with Gasteiger partial charge >= 0.3 is 0 Å². The van der Waals surface area contributed by atoms with Gasteiger partial charge in [0.1, 0.15) is 0 Å². The van der Waals surface area contributed by atoms with Crippen LogP contribution in [0.15, 0.2) is 0 Å². The van der Waals surface area contributed by atoms with Gasteiger partial charge in [0.15, 0.2) is 0 Å². The van der Waals surface area contributed by atoms with Crippen molar-refractivity contribution < 1.29 is 8.42 Å². The van der Waals surface area contributed by atoms with E-state index < -0.39 is 10.2 Å². The summed E-state index contributed by atoms with van der Waals surface area (Å²) in [6, 6.07) is 0.101. The van der Waals surface area contributed by atoms with Gasteiger partial charge in [0.2, 0.25) is 0 Å². The van der Waals surface area contributed by atoms with Crippen LogP contribution in [0.3, 0.4) is 0 Å². The van der Waals surface area contributed by atoms with Gasteiger partial charge in [-0.25, -0.2) is 0 Å². The summed E-state index contributed by atoms with van der Waals surface area (Å²) in [5.74, 6) is 0.230. The molecular formula is C12H24N4O2S. The molecule has 2 fully saturated rings. The van der Waals surface area contributed by atoms with Crippen molar-refractivity contribution in [2.24, 2.45) is 11.7 Å². The number of nitrogens with zero attached hydrogens (tertiary/aromatic N) is 2. The van der Waals surface area contributed by atoms with Gasteiger partial charge in [-0.2, -0.15) is 17.0 Å². The van der Waals surface area contributed by atoms with Crippen LogP contribution in [0.1, 0.15) is 39.0 Å². The molecule has 0 aromatic carbocycles. The van der Waals surface area contributed by atoms with Crippen LogP contribution in [0, 0.1) is 11.3 Å². The van der Waals surface area contributed by atoms with Crippen LogP contribution in [-0.4, -0.2) is 48.5 Å². The zero-order chi connectivity index (χ0) is 14.0. The molecular weight excluding hydrogens is 264 g/mol. The monoisotopic (exact) mass is 288 g/mol. The van der Waals surface area contributed by atoms with Gasteiger partial charge in [-0.05, 0) is 32.6 Å². The van der Waals surface area contributed by atoms with Crippen molar-refractivity contribution in [3.63, 3.8) is 0 Å². The van der Waals surface area contributed by atoms with Crippen molar-refractivity contribution in [2.45, 2.75) is 45.1 Å². The topological polar surface area (TPSA) is 90.5 Å². The van der Waals surface area contributed by atoms with Gasteiger partial charge < -0.3 is 5.73 Å². The maximum atomic E-state index is 12.6. The molecule has 2 aliphatic heterocycles. The Balaban J connectivity index is 2.03. The van der Waals surface area contributed by atoms with E-state index in [1.54, 1.807) is 8.61 Å². The van der Waals surface area contributed by atoms with E-state index in [0.29, 0.717) is 32.5 Å². The molecule has 2 heterocycles. The molecule has 0 aromatic rings. The molecule has 1 atom stereocenters. The van der Waals surface area contributed by atoms with Crippen LogP contribution < -0.4 is 5.73 Å². The van der Waals surface area contributed by atoms with Crippen molar-refractivity contribution >= 4 is 16.0 Å². The Morgan fingerprint density at radius 1 is 1.16 bits per heavy atom. The van der Waals surface area contributed by atoms with E-state index in [1.165, 1.54) is 0 Å². The average Bonchev–Trinajstić information content (AvgIpc) is 2.39. The molecule has 0 saturated carbocycles. The quantitative estimate of drug-likeness (QED) is 0.593. The maximum Gasteiger partial charge on any atom is 0.282 e. The zero-order valence-electron chi connectivity index (χ0n) is 11.5. The molecule has 6 nitrogen and oxygen atoms in total. The fourth-order valence-electron chi connectivity index (χ4n) is 2.96. The van der Waals surface area contributed by atoms with Crippen LogP contribution in [-0.2, 0) is 10.2 Å². The summed E-state index contributed by atoms with van der Waals surface area (Å²) in [4.78, 5) is 0. The molecule has 0 amide bonds. The van der Waals surface area contributed by atoms with Gasteiger partial charge in [0, 0.05) is 31.6 Å². The second-order valence-electron chi connectivity index (χ2n) is 5.59. The Morgan fingerprint density at radius 3 is 2.32 bits per heavy atom. The molecule has 19 heavy (non-hydrogen) atoms. The summed E-state index contributed by atoms with van der Waals surface area (Å²) < 4.78 is 28.4. The smallest absolute Gasteiger partial charge is 0.282 e. The predicted octanol–water partition coefficient (Wildman–Crippen LogP) is 0.754. The third kappa shape index (κ3) is 3.09. The van der Waals surface area contributed by atoms with E-state index in [1.807, 2.05) is 6.92 Å². The van der Waals surface area contributed by atoms with Crippen LogP contribution in [0.5, 0.6) is 0 Å². The Kier molecular flexibility index (Phi) is 4.47. The minimum atomic E-state index is -3.33. The molecule has 2 rings (SSSR count). The highest BCUT2D eigenvalue weighted by Gasteiger charge is 2.36. The lowest BCUT2D eigenvalue weighted by atomic mass is 9.97. The first-order valence-electron chi connectivity index (χ1n) is 7.03. The van der Waals surface area contributed by atoms with E-state index in [2.05, 4.69) is 0 Å². The number of hydrogen-bond donors (Lipinski definition) is 2. The van der Waals surface area contributed by atoms with Crippen molar-refractivity contribution in [3.05, 3.63) is 0 Å². The van der Waals surface area contributed by atoms with Crippen molar-refractivity contribution in [2.75, 3.05) is 19.6 Å². The minimum Gasteiger partial charge on any atom is -0.387 e. The molecule has 1 unspecified atom stereocenters. The SMILES string of the molecule is CC1CCCCN1S(=O)(=O)N1CCC(C(=N)N)CC1. The molecule has 0 aromatic heterocycles. The number of hydrogen-bond acceptors (Lipinski definition) is 3. The lowest BCUT2D eigenvalue weighted by Gasteiger charge is -2.38. The fourth-order valence-corrected chi connectivity index (χ4v) is 4.85. The molecule has 0 bridgehead atoms.